The molecule has 1 N–H and O–H groups in total. The van der Waals surface area contributed by atoms with Crippen LogP contribution in [0.3, 0.4) is 0 Å². The van der Waals surface area contributed by atoms with E-state index in [1.807, 2.05) is 13.0 Å². The van der Waals surface area contributed by atoms with E-state index >= 15 is 0 Å². The van der Waals surface area contributed by atoms with Gasteiger partial charge >= 0.3 is 11.9 Å². The van der Waals surface area contributed by atoms with Crippen molar-refractivity contribution in [3.8, 4) is 17.2 Å². The second kappa shape index (κ2) is 15.7. The molecule has 0 saturated carbocycles. The third-order valence-corrected chi connectivity index (χ3v) is 5.07. The van der Waals surface area contributed by atoms with Crippen molar-refractivity contribution < 1.29 is 58.5 Å². The Morgan fingerprint density at radius 1 is 1.06 bits per heavy atom. The molecule has 3 aromatic rings. The maximum atomic E-state index is 11.7. The Bertz CT molecular complexity index is 1130. The van der Waals surface area contributed by atoms with E-state index in [1.54, 1.807) is 37.4 Å². The minimum Gasteiger partial charge on any atom is -0.508 e. The van der Waals surface area contributed by atoms with Crippen LogP contribution >= 0.6 is 22.6 Å². The van der Waals surface area contributed by atoms with Crippen LogP contribution in [0.2, 0.25) is 0 Å². The van der Waals surface area contributed by atoms with Crippen molar-refractivity contribution >= 4 is 45.5 Å². The number of halogens is 1. The first-order chi connectivity index (χ1) is 16.3. The van der Waals surface area contributed by atoms with Crippen molar-refractivity contribution in [3.05, 3.63) is 61.2 Å². The number of alkyl halides is 1. The Morgan fingerprint density at radius 2 is 1.72 bits per heavy atom. The molecular weight excluding hydrogens is 674 g/mol. The largest absolute Gasteiger partial charge is 0.508 e. The molecule has 1 atom stereocenters. The molecule has 4 rings (SSSR count). The topological polar surface area (TPSA) is 104 Å². The van der Waals surface area contributed by atoms with Crippen molar-refractivity contribution in [1.82, 2.24) is 0 Å². The normalized spacial score (nSPS) is 14.7. The van der Waals surface area contributed by atoms with E-state index in [4.69, 9.17) is 18.6 Å². The summed E-state index contributed by atoms with van der Waals surface area (Å²) < 4.78 is 26.5. The number of hydrogen-bond acceptors (Lipinski definition) is 8. The third kappa shape index (κ3) is 8.12. The number of phenols is 1. The number of ether oxygens (including phenoxy) is 4. The second-order valence-electron chi connectivity index (χ2n) is 7.18. The summed E-state index contributed by atoms with van der Waals surface area (Å²) in [4.78, 5) is 22.9. The van der Waals surface area contributed by atoms with Crippen LogP contribution in [0.1, 0.15) is 36.4 Å². The zero-order chi connectivity index (χ0) is 25.3. The van der Waals surface area contributed by atoms with E-state index in [0.717, 1.165) is 10.9 Å². The van der Waals surface area contributed by atoms with Crippen molar-refractivity contribution in [2.75, 3.05) is 25.8 Å². The number of carbonyl (C=O) groups excluding carboxylic acids is 2. The van der Waals surface area contributed by atoms with Crippen LogP contribution in [0.25, 0.3) is 11.0 Å². The molecule has 8 nitrogen and oxygen atoms in total. The zero-order valence-corrected chi connectivity index (χ0v) is 24.9. The molecule has 1 unspecified atom stereocenters. The molecule has 1 aliphatic heterocycles. The number of hydrogen-bond donors (Lipinski definition) is 1. The van der Waals surface area contributed by atoms with Crippen LogP contribution < -0.4 is 9.47 Å². The Morgan fingerprint density at radius 3 is 2.28 bits per heavy atom. The maximum Gasteiger partial charge on any atom is 0.373 e. The molecule has 202 valence electrons. The molecule has 1 aliphatic rings. The number of methoxy groups -OCH3 is 3. The molecule has 0 aliphatic carbocycles. The molecule has 2 aromatic carbocycles. The Balaban J connectivity index is 0.000000585. The number of phenolic OH excluding ortho intramolecular Hbond substituents is 1. The molecule has 0 saturated heterocycles. The van der Waals surface area contributed by atoms with Crippen molar-refractivity contribution in [2.45, 2.75) is 32.3 Å². The van der Waals surface area contributed by atoms with Gasteiger partial charge in [-0.3, -0.25) is 0 Å². The van der Waals surface area contributed by atoms with Crippen LogP contribution in [0.4, 0.5) is 0 Å². The van der Waals surface area contributed by atoms with E-state index in [-0.39, 0.29) is 45.3 Å². The monoisotopic (exact) mass is 705 g/mol. The van der Waals surface area contributed by atoms with Gasteiger partial charge in [0.15, 0.2) is 0 Å². The van der Waals surface area contributed by atoms with Gasteiger partial charge in [0.2, 0.25) is 11.4 Å². The van der Waals surface area contributed by atoms with Gasteiger partial charge in [0.1, 0.15) is 22.8 Å². The number of fused-ring (bicyclic) bond motifs is 2. The van der Waals surface area contributed by atoms with Gasteiger partial charge in [-0.1, -0.05) is 42.5 Å². The summed E-state index contributed by atoms with van der Waals surface area (Å²) in [6.07, 6.45) is 1.03. The summed E-state index contributed by atoms with van der Waals surface area (Å²) in [6, 6.07) is 11.9. The maximum absolute atomic E-state index is 11.7. The fourth-order valence-electron chi connectivity index (χ4n) is 3.32. The van der Waals surface area contributed by atoms with E-state index in [1.165, 1.54) is 24.7 Å². The number of furan rings is 1. The minimum absolute atomic E-state index is 0. The molecule has 1 aromatic heterocycles. The molecule has 0 radical (unpaired) electrons. The van der Waals surface area contributed by atoms with Crippen molar-refractivity contribution in [2.24, 2.45) is 0 Å². The van der Waals surface area contributed by atoms with Gasteiger partial charge in [-0.25, -0.2) is 9.59 Å². The summed E-state index contributed by atoms with van der Waals surface area (Å²) in [6.45, 7) is 3.99. The fourth-order valence-corrected chi connectivity index (χ4v) is 3.32. The first-order valence-corrected chi connectivity index (χ1v) is 12.1. The summed E-state index contributed by atoms with van der Waals surface area (Å²) >= 11 is 2.29. The summed E-state index contributed by atoms with van der Waals surface area (Å²) in [5.41, 5.74) is 0.602. The van der Waals surface area contributed by atoms with Crippen molar-refractivity contribution in [3.63, 3.8) is 0 Å². The van der Waals surface area contributed by atoms with E-state index in [2.05, 4.69) is 34.3 Å². The SMILES string of the molecule is CCC1(C(=O)OC)Cc2ccc(O)cc2O1.CCI.COC(=O)c1cc2ccc(OC)cc2o1.[CH3-].[Pd]. The zero-order valence-electron chi connectivity index (χ0n) is 21.2. The first kappa shape index (κ1) is 33.7. The molecular formula is C26H32IO8Pd-. The molecule has 0 bridgehead atoms. The van der Waals surface area contributed by atoms with E-state index in [9.17, 15) is 14.7 Å². The van der Waals surface area contributed by atoms with Gasteiger partial charge in [0.05, 0.1) is 21.3 Å². The van der Waals surface area contributed by atoms with Gasteiger partial charge in [0, 0.05) is 44.4 Å². The van der Waals surface area contributed by atoms with Crippen LogP contribution in [-0.4, -0.2) is 48.4 Å². The van der Waals surface area contributed by atoms with Crippen LogP contribution in [-0.2, 0) is 41.1 Å². The standard InChI is InChI=1S/C12H14O4.C11H10O4.C2H5I.CH3.Pd/c1-3-12(11(14)15-2)7-8-4-5-9(13)6-10(8)16-12;1-13-8-4-3-7-5-10(11(12)14-2)15-9(7)6-8;1-2-3;;/h4-6,13H,3,7H2,1-2H3;3-6H,1-2H3;2H2,1H3;1H3;/q;;;-1;. The summed E-state index contributed by atoms with van der Waals surface area (Å²) in [5.74, 6) is 0.729. The quantitative estimate of drug-likeness (QED) is 0.120. The van der Waals surface area contributed by atoms with Gasteiger partial charge in [-0.15, -0.1) is 0 Å². The third-order valence-electron chi connectivity index (χ3n) is 5.07. The fraction of sp³-hybridized carbons (Fsp3) is 0.346. The van der Waals surface area contributed by atoms with Gasteiger partial charge in [-0.2, -0.15) is 0 Å². The summed E-state index contributed by atoms with van der Waals surface area (Å²) in [7, 11) is 4.24. The minimum atomic E-state index is -0.926. The Kier molecular flexibility index (Phi) is 14.7. The van der Waals surface area contributed by atoms with Crippen LogP contribution in [0, 0.1) is 7.43 Å². The summed E-state index contributed by atoms with van der Waals surface area (Å²) in [5, 5.41) is 10.2. The number of rotatable bonds is 4. The first-order valence-electron chi connectivity index (χ1n) is 10.6. The molecule has 36 heavy (non-hydrogen) atoms. The van der Waals surface area contributed by atoms with Gasteiger partial charge in [-0.05, 0) is 40.7 Å². The number of benzene rings is 2. The molecule has 0 amide bonds. The van der Waals surface area contributed by atoms with Gasteiger partial charge < -0.3 is 35.9 Å². The number of carbonyl (C=O) groups is 2. The van der Waals surface area contributed by atoms with Gasteiger partial charge in [0.25, 0.3) is 0 Å². The predicted molar refractivity (Wildman–Crippen MR) is 143 cm³/mol. The number of aromatic hydroxyl groups is 1. The predicted octanol–water partition coefficient (Wildman–Crippen LogP) is 5.77. The number of esters is 2. The molecule has 0 fully saturated rings. The van der Waals surface area contributed by atoms with Crippen molar-refractivity contribution in [1.29, 1.82) is 0 Å². The van der Waals surface area contributed by atoms with E-state index in [0.29, 0.717) is 29.9 Å². The average Bonchev–Trinajstić information content (AvgIpc) is 3.45. The average molecular weight is 706 g/mol. The smallest absolute Gasteiger partial charge is 0.373 e. The van der Waals surface area contributed by atoms with Crippen LogP contribution in [0.5, 0.6) is 17.2 Å². The molecule has 0 spiro atoms. The van der Waals surface area contributed by atoms with E-state index < -0.39 is 11.6 Å². The Hall–Kier alpha value is -2.29. The second-order valence-corrected chi connectivity index (χ2v) is 8.71. The van der Waals surface area contributed by atoms with Crippen LogP contribution in [0.15, 0.2) is 46.9 Å². The molecule has 2 heterocycles. The molecule has 10 heteroatoms. The Labute approximate surface area is 239 Å².